The summed E-state index contributed by atoms with van der Waals surface area (Å²) in [6, 6.07) is 12.7. The number of fused-ring (bicyclic) bond motifs is 1. The molecule has 1 atom stereocenters. The molecule has 1 aliphatic carbocycles. The number of aliphatic hydroxyl groups is 1. The Morgan fingerprint density at radius 2 is 1.81 bits per heavy atom. The number of ether oxygens (including phenoxy) is 1. The van der Waals surface area contributed by atoms with Crippen LogP contribution in [0.25, 0.3) is 16.7 Å². The number of carbonyl (C=O) groups excluding carboxylic acids is 2. The molecule has 1 amide bonds. The van der Waals surface area contributed by atoms with Crippen LogP contribution in [0, 0.1) is 0 Å². The molecule has 0 bridgehead atoms. The molecule has 2 aliphatic rings. The molecule has 2 heterocycles. The third-order valence-electron chi connectivity index (χ3n) is 7.72. The van der Waals surface area contributed by atoms with Crippen LogP contribution in [-0.2, 0) is 15.0 Å². The molecule has 2 fully saturated rings. The molecule has 2 N–H and O–H groups in total. The van der Waals surface area contributed by atoms with Gasteiger partial charge in [-0.3, -0.25) is 9.59 Å². The van der Waals surface area contributed by atoms with Crippen molar-refractivity contribution in [1.29, 1.82) is 0 Å². The number of benzene rings is 2. The molecular weight excluding hydrogens is 464 g/mol. The van der Waals surface area contributed by atoms with Crippen molar-refractivity contribution in [2.75, 3.05) is 6.61 Å². The van der Waals surface area contributed by atoms with Crippen LogP contribution < -0.4 is 4.74 Å². The average molecular weight is 501 g/mol. The Morgan fingerprint density at radius 1 is 1.08 bits per heavy atom. The van der Waals surface area contributed by atoms with Crippen LogP contribution in [0.3, 0.4) is 0 Å². The number of H-pyrrole nitrogens is 1. The molecule has 3 aromatic rings. The Kier molecular flexibility index (Phi) is 6.61. The molecule has 1 unspecified atom stereocenters. The van der Waals surface area contributed by atoms with Crippen molar-refractivity contribution < 1.29 is 19.4 Å². The zero-order valence-corrected chi connectivity index (χ0v) is 22.1. The molecule has 6 heteroatoms. The highest BCUT2D eigenvalue weighted by molar-refractivity contribution is 6.46. The average Bonchev–Trinajstić information content (AvgIpc) is 3.42. The Labute approximate surface area is 218 Å². The standard InChI is InChI=1S/C31H36N2O4/c1-5-37-25-16-15-19(17-23(25)31(2,3)4)28(34)26-27(22-18-32-24-14-10-9-13-21(22)24)33(30(36)29(26)35)20-11-7-6-8-12-20/h9-10,13-18,20,27,32,34H,5-8,11-12H2,1-4H3/b28-26+. The summed E-state index contributed by atoms with van der Waals surface area (Å²) >= 11 is 0. The van der Waals surface area contributed by atoms with E-state index in [0.717, 1.165) is 59.9 Å². The maximum atomic E-state index is 13.6. The number of aromatic nitrogens is 1. The lowest BCUT2D eigenvalue weighted by Gasteiger charge is -2.35. The number of likely N-dealkylation sites (tertiary alicyclic amines) is 1. The van der Waals surface area contributed by atoms with Crippen molar-refractivity contribution in [3.8, 4) is 5.75 Å². The van der Waals surface area contributed by atoms with Gasteiger partial charge in [0.2, 0.25) is 0 Å². The first-order valence-electron chi connectivity index (χ1n) is 13.4. The molecule has 194 valence electrons. The largest absolute Gasteiger partial charge is 0.507 e. The van der Waals surface area contributed by atoms with E-state index in [9.17, 15) is 14.7 Å². The van der Waals surface area contributed by atoms with Gasteiger partial charge in [0, 0.05) is 39.8 Å². The highest BCUT2D eigenvalue weighted by atomic mass is 16.5. The molecule has 1 aliphatic heterocycles. The summed E-state index contributed by atoms with van der Waals surface area (Å²) in [6.07, 6.45) is 6.81. The van der Waals surface area contributed by atoms with Crippen LogP contribution in [0.1, 0.15) is 82.5 Å². The summed E-state index contributed by atoms with van der Waals surface area (Å²) in [5.74, 6) is -0.530. The molecule has 0 spiro atoms. The maximum Gasteiger partial charge on any atom is 0.295 e. The first-order chi connectivity index (χ1) is 17.7. The van der Waals surface area contributed by atoms with E-state index in [1.807, 2.05) is 49.5 Å². The van der Waals surface area contributed by atoms with Crippen LogP contribution in [0.4, 0.5) is 0 Å². The van der Waals surface area contributed by atoms with Crippen LogP contribution in [0.2, 0.25) is 0 Å². The summed E-state index contributed by atoms with van der Waals surface area (Å²) in [5, 5.41) is 12.7. The zero-order chi connectivity index (χ0) is 26.3. The molecule has 1 saturated carbocycles. The van der Waals surface area contributed by atoms with Crippen molar-refractivity contribution in [2.24, 2.45) is 0 Å². The van der Waals surface area contributed by atoms with Crippen molar-refractivity contribution in [3.05, 3.63) is 70.9 Å². The number of hydrogen-bond donors (Lipinski definition) is 2. The first kappa shape index (κ1) is 25.1. The Hall–Kier alpha value is -3.54. The molecule has 1 saturated heterocycles. The van der Waals surface area contributed by atoms with Gasteiger partial charge in [0.25, 0.3) is 11.7 Å². The lowest BCUT2D eigenvalue weighted by atomic mass is 9.84. The number of aliphatic hydroxyl groups excluding tert-OH is 1. The first-order valence-corrected chi connectivity index (χ1v) is 13.4. The van der Waals surface area contributed by atoms with Gasteiger partial charge in [-0.1, -0.05) is 58.2 Å². The third-order valence-corrected chi connectivity index (χ3v) is 7.72. The number of hydrogen-bond acceptors (Lipinski definition) is 4. The molecule has 5 rings (SSSR count). The summed E-state index contributed by atoms with van der Waals surface area (Å²) < 4.78 is 5.86. The molecule has 0 radical (unpaired) electrons. The minimum atomic E-state index is -0.649. The van der Waals surface area contributed by atoms with Crippen molar-refractivity contribution in [1.82, 2.24) is 9.88 Å². The van der Waals surface area contributed by atoms with Gasteiger partial charge in [0.05, 0.1) is 18.2 Å². The van der Waals surface area contributed by atoms with E-state index in [0.29, 0.717) is 12.2 Å². The van der Waals surface area contributed by atoms with E-state index in [-0.39, 0.29) is 22.8 Å². The van der Waals surface area contributed by atoms with Gasteiger partial charge in [-0.25, -0.2) is 0 Å². The number of carbonyl (C=O) groups is 2. The molecule has 1 aromatic heterocycles. The van der Waals surface area contributed by atoms with Gasteiger partial charge >= 0.3 is 0 Å². The molecular formula is C31H36N2O4. The summed E-state index contributed by atoms with van der Waals surface area (Å²) in [4.78, 5) is 32.2. The number of nitrogens with one attached hydrogen (secondary N) is 1. The van der Waals surface area contributed by atoms with Gasteiger partial charge in [-0.15, -0.1) is 0 Å². The van der Waals surface area contributed by atoms with E-state index in [4.69, 9.17) is 4.74 Å². The minimum Gasteiger partial charge on any atom is -0.507 e. The lowest BCUT2D eigenvalue weighted by molar-refractivity contribution is -0.141. The van der Waals surface area contributed by atoms with Gasteiger partial charge in [0.1, 0.15) is 11.5 Å². The van der Waals surface area contributed by atoms with Crippen molar-refractivity contribution >= 4 is 28.4 Å². The van der Waals surface area contributed by atoms with E-state index in [1.165, 1.54) is 0 Å². The Bertz CT molecular complexity index is 1370. The number of rotatable bonds is 5. The zero-order valence-electron chi connectivity index (χ0n) is 22.1. The Morgan fingerprint density at radius 3 is 2.51 bits per heavy atom. The van der Waals surface area contributed by atoms with Crippen LogP contribution in [0.15, 0.2) is 54.2 Å². The second-order valence-electron chi connectivity index (χ2n) is 11.2. The number of aromatic amines is 1. The van der Waals surface area contributed by atoms with Crippen molar-refractivity contribution in [3.63, 3.8) is 0 Å². The monoisotopic (exact) mass is 500 g/mol. The molecule has 37 heavy (non-hydrogen) atoms. The fraction of sp³-hybridized carbons (Fsp3) is 0.419. The van der Waals surface area contributed by atoms with Gasteiger partial charge in [0.15, 0.2) is 0 Å². The van der Waals surface area contributed by atoms with Crippen molar-refractivity contribution in [2.45, 2.75) is 77.3 Å². The summed E-state index contributed by atoms with van der Waals surface area (Å²) in [6.45, 7) is 8.73. The predicted octanol–water partition coefficient (Wildman–Crippen LogP) is 6.62. The predicted molar refractivity (Wildman–Crippen MR) is 146 cm³/mol. The fourth-order valence-electron chi connectivity index (χ4n) is 5.91. The summed E-state index contributed by atoms with van der Waals surface area (Å²) in [5.41, 5.74) is 3.13. The quantitative estimate of drug-likeness (QED) is 0.234. The second-order valence-corrected chi connectivity index (χ2v) is 11.2. The number of Topliss-reactive ketones (excluding diaryl/α,β-unsaturated/α-hetero) is 1. The minimum absolute atomic E-state index is 0.0281. The maximum absolute atomic E-state index is 13.6. The van der Waals surface area contributed by atoms with E-state index in [1.54, 1.807) is 11.0 Å². The number of ketones is 1. The topological polar surface area (TPSA) is 82.6 Å². The van der Waals surface area contributed by atoms with E-state index < -0.39 is 17.7 Å². The smallest absolute Gasteiger partial charge is 0.295 e. The second kappa shape index (κ2) is 9.73. The molecule has 2 aromatic carbocycles. The van der Waals surface area contributed by atoms with Crippen LogP contribution in [-0.4, -0.2) is 39.3 Å². The van der Waals surface area contributed by atoms with E-state index >= 15 is 0 Å². The normalized spacial score (nSPS) is 20.6. The van der Waals surface area contributed by atoms with Gasteiger partial charge < -0.3 is 19.7 Å². The SMILES string of the molecule is CCOc1ccc(/C(O)=C2\C(=O)C(=O)N(C3CCCCC3)C2c2c[nH]c3ccccc23)cc1C(C)(C)C. The van der Waals surface area contributed by atoms with Gasteiger partial charge in [-0.05, 0) is 49.4 Å². The highest BCUT2D eigenvalue weighted by Crippen LogP contribution is 2.45. The number of amides is 1. The highest BCUT2D eigenvalue weighted by Gasteiger charge is 2.49. The fourth-order valence-corrected chi connectivity index (χ4v) is 5.91. The third kappa shape index (κ3) is 4.43. The Balaban J connectivity index is 1.71. The summed E-state index contributed by atoms with van der Waals surface area (Å²) in [7, 11) is 0. The van der Waals surface area contributed by atoms with E-state index in [2.05, 4.69) is 25.8 Å². The van der Waals surface area contributed by atoms with Gasteiger partial charge in [-0.2, -0.15) is 0 Å². The number of nitrogens with zero attached hydrogens (tertiary/aromatic N) is 1. The van der Waals surface area contributed by atoms with Crippen LogP contribution >= 0.6 is 0 Å². The number of para-hydroxylation sites is 1. The lowest BCUT2D eigenvalue weighted by Crippen LogP contribution is -2.40. The van der Waals surface area contributed by atoms with Crippen LogP contribution in [0.5, 0.6) is 5.75 Å². The molecule has 6 nitrogen and oxygen atoms in total.